The SMILES string of the molecule is CCc1ccccc1NC(=O)CN(C)C(C)C(=O)Nc1cc(OC)ccc1OC. The first-order chi connectivity index (χ1) is 13.9. The van der Waals surface area contributed by atoms with E-state index < -0.39 is 6.04 Å². The summed E-state index contributed by atoms with van der Waals surface area (Å²) in [4.78, 5) is 26.8. The Morgan fingerprint density at radius 3 is 2.41 bits per heavy atom. The molecule has 2 aromatic carbocycles. The molecule has 156 valence electrons. The Kier molecular flexibility index (Phi) is 8.03. The smallest absolute Gasteiger partial charge is 0.241 e. The lowest BCUT2D eigenvalue weighted by Gasteiger charge is -2.24. The minimum Gasteiger partial charge on any atom is -0.497 e. The Labute approximate surface area is 172 Å². The van der Waals surface area contributed by atoms with Crippen molar-refractivity contribution in [3.8, 4) is 11.5 Å². The molecule has 0 aliphatic rings. The summed E-state index contributed by atoms with van der Waals surface area (Å²) in [5, 5.41) is 5.76. The molecule has 0 aromatic heterocycles. The number of carbonyl (C=O) groups excluding carboxylic acids is 2. The Morgan fingerprint density at radius 1 is 1.03 bits per heavy atom. The van der Waals surface area contributed by atoms with Crippen molar-refractivity contribution < 1.29 is 19.1 Å². The highest BCUT2D eigenvalue weighted by molar-refractivity contribution is 5.97. The molecular weight excluding hydrogens is 370 g/mol. The van der Waals surface area contributed by atoms with Gasteiger partial charge >= 0.3 is 0 Å². The van der Waals surface area contributed by atoms with Crippen LogP contribution < -0.4 is 20.1 Å². The number of ether oxygens (including phenoxy) is 2. The lowest BCUT2D eigenvalue weighted by Crippen LogP contribution is -2.43. The maximum absolute atomic E-state index is 12.7. The Hall–Kier alpha value is -3.06. The van der Waals surface area contributed by atoms with Crippen LogP contribution in [-0.4, -0.2) is 50.6 Å². The standard InChI is InChI=1S/C22H29N3O4/c1-6-16-9-7-8-10-18(16)23-21(26)14-25(3)15(2)22(27)24-19-13-17(28-4)11-12-20(19)29-5/h7-13,15H,6,14H2,1-5H3,(H,23,26)(H,24,27). The van der Waals surface area contributed by atoms with Gasteiger partial charge in [0.2, 0.25) is 11.8 Å². The van der Waals surface area contributed by atoms with Crippen LogP contribution in [0.1, 0.15) is 19.4 Å². The van der Waals surface area contributed by atoms with Crippen molar-refractivity contribution >= 4 is 23.2 Å². The summed E-state index contributed by atoms with van der Waals surface area (Å²) in [5.74, 6) is 0.715. The van der Waals surface area contributed by atoms with Gasteiger partial charge in [0.1, 0.15) is 11.5 Å². The van der Waals surface area contributed by atoms with Gasteiger partial charge in [0.05, 0.1) is 32.5 Å². The van der Waals surface area contributed by atoms with Crippen LogP contribution in [0.4, 0.5) is 11.4 Å². The second-order valence-corrected chi connectivity index (χ2v) is 6.71. The van der Waals surface area contributed by atoms with Crippen LogP contribution in [0.2, 0.25) is 0 Å². The van der Waals surface area contributed by atoms with Crippen molar-refractivity contribution in [3.05, 3.63) is 48.0 Å². The molecule has 7 nitrogen and oxygen atoms in total. The topological polar surface area (TPSA) is 79.9 Å². The highest BCUT2D eigenvalue weighted by Gasteiger charge is 2.21. The van der Waals surface area contributed by atoms with Crippen molar-refractivity contribution in [2.24, 2.45) is 0 Å². The van der Waals surface area contributed by atoms with Gasteiger partial charge in [-0.05, 0) is 44.2 Å². The summed E-state index contributed by atoms with van der Waals surface area (Å²) >= 11 is 0. The van der Waals surface area contributed by atoms with Gasteiger partial charge in [0.25, 0.3) is 0 Å². The minimum atomic E-state index is -0.530. The van der Waals surface area contributed by atoms with E-state index in [1.54, 1.807) is 44.2 Å². The first kappa shape index (κ1) is 22.2. The van der Waals surface area contributed by atoms with Crippen LogP contribution in [0.15, 0.2) is 42.5 Å². The second kappa shape index (κ2) is 10.5. The van der Waals surface area contributed by atoms with Gasteiger partial charge in [-0.15, -0.1) is 0 Å². The average molecular weight is 399 g/mol. The van der Waals surface area contributed by atoms with Crippen molar-refractivity contribution in [3.63, 3.8) is 0 Å². The van der Waals surface area contributed by atoms with Crippen LogP contribution in [-0.2, 0) is 16.0 Å². The zero-order valence-corrected chi connectivity index (χ0v) is 17.6. The van der Waals surface area contributed by atoms with Gasteiger partial charge in [-0.3, -0.25) is 14.5 Å². The normalized spacial score (nSPS) is 11.7. The summed E-state index contributed by atoms with van der Waals surface area (Å²) in [6, 6.07) is 12.3. The first-order valence-electron chi connectivity index (χ1n) is 9.50. The van der Waals surface area contributed by atoms with E-state index in [0.717, 1.165) is 17.7 Å². The highest BCUT2D eigenvalue weighted by Crippen LogP contribution is 2.29. The van der Waals surface area contributed by atoms with Crippen LogP contribution in [0.3, 0.4) is 0 Å². The number of nitrogens with zero attached hydrogens (tertiary/aromatic N) is 1. The fourth-order valence-corrected chi connectivity index (χ4v) is 2.85. The predicted molar refractivity (Wildman–Crippen MR) is 115 cm³/mol. The third-order valence-electron chi connectivity index (χ3n) is 4.77. The van der Waals surface area contributed by atoms with Crippen molar-refractivity contribution in [2.45, 2.75) is 26.3 Å². The molecule has 0 aliphatic heterocycles. The van der Waals surface area contributed by atoms with E-state index in [4.69, 9.17) is 9.47 Å². The van der Waals surface area contributed by atoms with E-state index in [2.05, 4.69) is 10.6 Å². The number of carbonyl (C=O) groups is 2. The maximum Gasteiger partial charge on any atom is 0.241 e. The summed E-state index contributed by atoms with van der Waals surface area (Å²) < 4.78 is 10.5. The molecular formula is C22H29N3O4. The molecule has 29 heavy (non-hydrogen) atoms. The van der Waals surface area contributed by atoms with Crippen LogP contribution in [0, 0.1) is 0 Å². The fourth-order valence-electron chi connectivity index (χ4n) is 2.85. The molecule has 0 heterocycles. The fraction of sp³-hybridized carbons (Fsp3) is 0.364. The molecule has 0 spiro atoms. The number of hydrogen-bond donors (Lipinski definition) is 2. The molecule has 2 aromatic rings. The van der Waals surface area contributed by atoms with Crippen molar-refractivity contribution in [1.82, 2.24) is 4.90 Å². The molecule has 7 heteroatoms. The third kappa shape index (κ3) is 5.96. The number of methoxy groups -OCH3 is 2. The number of para-hydroxylation sites is 1. The number of likely N-dealkylation sites (N-methyl/N-ethyl adjacent to an activating group) is 1. The lowest BCUT2D eigenvalue weighted by molar-refractivity contribution is -0.122. The lowest BCUT2D eigenvalue weighted by atomic mass is 10.1. The molecule has 2 rings (SSSR count). The number of nitrogens with one attached hydrogen (secondary N) is 2. The van der Waals surface area contributed by atoms with Crippen LogP contribution >= 0.6 is 0 Å². The van der Waals surface area contributed by atoms with Gasteiger partial charge in [-0.25, -0.2) is 0 Å². The quantitative estimate of drug-likeness (QED) is 0.677. The zero-order chi connectivity index (χ0) is 21.4. The Morgan fingerprint density at radius 2 is 1.76 bits per heavy atom. The molecule has 1 atom stereocenters. The van der Waals surface area contributed by atoms with Gasteiger partial charge in [-0.2, -0.15) is 0 Å². The zero-order valence-electron chi connectivity index (χ0n) is 17.6. The molecule has 0 saturated heterocycles. The number of benzene rings is 2. The maximum atomic E-state index is 12.7. The van der Waals surface area contributed by atoms with Crippen molar-refractivity contribution in [2.75, 3.05) is 38.4 Å². The number of hydrogen-bond acceptors (Lipinski definition) is 5. The summed E-state index contributed by atoms with van der Waals surface area (Å²) in [7, 11) is 4.82. The third-order valence-corrected chi connectivity index (χ3v) is 4.77. The Balaban J connectivity index is 1.99. The first-order valence-corrected chi connectivity index (χ1v) is 9.50. The molecule has 0 bridgehead atoms. The molecule has 0 saturated carbocycles. The molecule has 2 N–H and O–H groups in total. The minimum absolute atomic E-state index is 0.0852. The predicted octanol–water partition coefficient (Wildman–Crippen LogP) is 3.16. The van der Waals surface area contributed by atoms with Gasteiger partial charge in [0, 0.05) is 11.8 Å². The average Bonchev–Trinajstić information content (AvgIpc) is 2.73. The second-order valence-electron chi connectivity index (χ2n) is 6.71. The molecule has 0 radical (unpaired) electrons. The van der Waals surface area contributed by atoms with Crippen molar-refractivity contribution in [1.29, 1.82) is 0 Å². The van der Waals surface area contributed by atoms with Gasteiger partial charge in [-0.1, -0.05) is 25.1 Å². The van der Waals surface area contributed by atoms with E-state index in [-0.39, 0.29) is 18.4 Å². The molecule has 0 aliphatic carbocycles. The Bertz CT molecular complexity index is 854. The number of anilines is 2. The summed E-state index contributed by atoms with van der Waals surface area (Å²) in [6.45, 7) is 3.87. The van der Waals surface area contributed by atoms with E-state index in [0.29, 0.717) is 17.2 Å². The summed E-state index contributed by atoms with van der Waals surface area (Å²) in [6.07, 6.45) is 0.827. The molecule has 0 fully saturated rings. The van der Waals surface area contributed by atoms with Gasteiger partial charge in [0.15, 0.2) is 0 Å². The number of aryl methyl sites for hydroxylation is 1. The van der Waals surface area contributed by atoms with E-state index in [9.17, 15) is 9.59 Å². The molecule has 1 unspecified atom stereocenters. The van der Waals surface area contributed by atoms with Crippen LogP contribution in [0.5, 0.6) is 11.5 Å². The van der Waals surface area contributed by atoms with Crippen LogP contribution in [0.25, 0.3) is 0 Å². The summed E-state index contributed by atoms with van der Waals surface area (Å²) in [5.41, 5.74) is 2.38. The van der Waals surface area contributed by atoms with Gasteiger partial charge < -0.3 is 20.1 Å². The largest absolute Gasteiger partial charge is 0.497 e. The molecule has 2 amide bonds. The number of rotatable bonds is 9. The number of amides is 2. The monoisotopic (exact) mass is 399 g/mol. The van der Waals surface area contributed by atoms with E-state index in [1.165, 1.54) is 7.11 Å². The highest BCUT2D eigenvalue weighted by atomic mass is 16.5. The van der Waals surface area contributed by atoms with E-state index >= 15 is 0 Å². The van der Waals surface area contributed by atoms with E-state index in [1.807, 2.05) is 31.2 Å².